The number of ether oxygens (including phenoxy) is 1. The molecule has 0 amide bonds. The van der Waals surface area contributed by atoms with Gasteiger partial charge in [-0.15, -0.1) is 11.6 Å². The second kappa shape index (κ2) is 8.41. The van der Waals surface area contributed by atoms with Crippen LogP contribution in [0.25, 0.3) is 0 Å². The molecule has 1 N–H and O–H groups in total. The molecule has 0 saturated carbocycles. The van der Waals surface area contributed by atoms with Gasteiger partial charge < -0.3 is 10.1 Å². The highest BCUT2D eigenvalue weighted by Crippen LogP contribution is 2.12. The van der Waals surface area contributed by atoms with E-state index in [9.17, 15) is 0 Å². The maximum Gasteiger partial charge on any atom is 0.0594 e. The van der Waals surface area contributed by atoms with Gasteiger partial charge in [-0.05, 0) is 30.5 Å². The predicted octanol–water partition coefficient (Wildman–Crippen LogP) is 2.60. The Hall–Kier alpha value is -0.770. The van der Waals surface area contributed by atoms with E-state index in [1.54, 1.807) is 0 Å². The van der Waals surface area contributed by atoms with Gasteiger partial charge in [0.15, 0.2) is 0 Å². The van der Waals surface area contributed by atoms with E-state index in [0.29, 0.717) is 0 Å². The van der Waals surface area contributed by atoms with Crippen molar-refractivity contribution in [1.29, 1.82) is 0 Å². The molecule has 2 rings (SSSR count). The fourth-order valence-corrected chi connectivity index (χ4v) is 2.42. The molecule has 1 aliphatic rings. The van der Waals surface area contributed by atoms with Gasteiger partial charge in [-0.3, -0.25) is 4.90 Å². The summed E-state index contributed by atoms with van der Waals surface area (Å²) in [5.74, 6) is 0.731. The Morgan fingerprint density at radius 2 is 2.11 bits per heavy atom. The average Bonchev–Trinajstić information content (AvgIpc) is 2.47. The van der Waals surface area contributed by atoms with Gasteiger partial charge in [0.2, 0.25) is 0 Å². The highest BCUT2D eigenvalue weighted by Gasteiger charge is 2.08. The lowest BCUT2D eigenvalue weighted by atomic mass is 10.1. The van der Waals surface area contributed by atoms with Crippen LogP contribution in [0.3, 0.4) is 0 Å². The van der Waals surface area contributed by atoms with E-state index in [2.05, 4.69) is 34.5 Å². The molecule has 106 valence electrons. The molecule has 1 aromatic rings. The van der Waals surface area contributed by atoms with Gasteiger partial charge in [-0.25, -0.2) is 0 Å². The first-order chi connectivity index (χ1) is 9.38. The van der Waals surface area contributed by atoms with Crippen molar-refractivity contribution in [2.45, 2.75) is 12.8 Å². The van der Waals surface area contributed by atoms with Crippen LogP contribution < -0.4 is 5.32 Å². The summed E-state index contributed by atoms with van der Waals surface area (Å²) in [6.07, 6.45) is 2.10. The quantitative estimate of drug-likeness (QED) is 0.778. The Balaban J connectivity index is 1.72. The molecule has 1 aromatic carbocycles. The Morgan fingerprint density at radius 1 is 1.26 bits per heavy atom. The van der Waals surface area contributed by atoms with E-state index in [-0.39, 0.29) is 0 Å². The molecule has 0 atom stereocenters. The zero-order chi connectivity index (χ0) is 13.3. The standard InChI is InChI=1S/C15H23ClN2O/c16-6-2-4-14-3-1-5-15(13-14)17-7-8-18-9-11-19-12-10-18/h1,3,5,13,17H,2,4,6-12H2. The van der Waals surface area contributed by atoms with Crippen LogP contribution in [0.4, 0.5) is 5.69 Å². The maximum absolute atomic E-state index is 5.73. The lowest BCUT2D eigenvalue weighted by Crippen LogP contribution is -2.39. The molecule has 0 aliphatic carbocycles. The number of aryl methyl sites for hydroxylation is 1. The number of nitrogens with one attached hydrogen (secondary N) is 1. The Morgan fingerprint density at radius 3 is 2.89 bits per heavy atom. The van der Waals surface area contributed by atoms with Crippen LogP contribution in [0.1, 0.15) is 12.0 Å². The van der Waals surface area contributed by atoms with E-state index < -0.39 is 0 Å². The molecule has 4 heteroatoms. The van der Waals surface area contributed by atoms with Crippen LogP contribution in [0.5, 0.6) is 0 Å². The summed E-state index contributed by atoms with van der Waals surface area (Å²) in [5, 5.41) is 3.49. The lowest BCUT2D eigenvalue weighted by Gasteiger charge is -2.26. The van der Waals surface area contributed by atoms with Crippen molar-refractivity contribution in [3.63, 3.8) is 0 Å². The Labute approximate surface area is 120 Å². The summed E-state index contributed by atoms with van der Waals surface area (Å²) < 4.78 is 5.34. The maximum atomic E-state index is 5.73. The fraction of sp³-hybridized carbons (Fsp3) is 0.600. The first kappa shape index (κ1) is 14.6. The number of alkyl halides is 1. The smallest absolute Gasteiger partial charge is 0.0594 e. The third-order valence-electron chi connectivity index (χ3n) is 3.39. The Kier molecular flexibility index (Phi) is 6.48. The molecule has 1 fully saturated rings. The highest BCUT2D eigenvalue weighted by molar-refractivity contribution is 6.17. The normalized spacial score (nSPS) is 16.5. The number of hydrogen-bond donors (Lipinski definition) is 1. The molecule has 0 radical (unpaired) electrons. The van der Waals surface area contributed by atoms with Gasteiger partial charge in [0.05, 0.1) is 13.2 Å². The predicted molar refractivity (Wildman–Crippen MR) is 81.2 cm³/mol. The molecule has 0 unspecified atom stereocenters. The molecule has 0 spiro atoms. The number of halogens is 1. The monoisotopic (exact) mass is 282 g/mol. The second-order valence-electron chi connectivity index (χ2n) is 4.87. The first-order valence-corrected chi connectivity index (χ1v) is 7.61. The molecule has 1 heterocycles. The molecule has 19 heavy (non-hydrogen) atoms. The summed E-state index contributed by atoms with van der Waals surface area (Å²) in [5.41, 5.74) is 2.57. The third-order valence-corrected chi connectivity index (χ3v) is 3.65. The minimum absolute atomic E-state index is 0.731. The van der Waals surface area contributed by atoms with Crippen LogP contribution in [-0.2, 0) is 11.2 Å². The van der Waals surface area contributed by atoms with E-state index in [1.807, 2.05) is 0 Å². The third kappa shape index (κ3) is 5.39. The van der Waals surface area contributed by atoms with Gasteiger partial charge in [0.1, 0.15) is 0 Å². The number of rotatable bonds is 7. The molecule has 3 nitrogen and oxygen atoms in total. The number of nitrogens with zero attached hydrogens (tertiary/aromatic N) is 1. The largest absolute Gasteiger partial charge is 0.384 e. The van der Waals surface area contributed by atoms with Gasteiger partial charge in [0, 0.05) is 37.7 Å². The fourth-order valence-electron chi connectivity index (χ4n) is 2.29. The van der Waals surface area contributed by atoms with E-state index in [1.165, 1.54) is 11.3 Å². The van der Waals surface area contributed by atoms with Crippen LogP contribution in [0, 0.1) is 0 Å². The van der Waals surface area contributed by atoms with E-state index in [4.69, 9.17) is 16.3 Å². The minimum atomic E-state index is 0.731. The second-order valence-corrected chi connectivity index (χ2v) is 5.25. The minimum Gasteiger partial charge on any atom is -0.384 e. The summed E-state index contributed by atoms with van der Waals surface area (Å²) in [6, 6.07) is 8.63. The number of hydrogen-bond acceptors (Lipinski definition) is 3. The molecular weight excluding hydrogens is 260 g/mol. The van der Waals surface area contributed by atoms with Gasteiger partial charge >= 0.3 is 0 Å². The number of morpholine rings is 1. The van der Waals surface area contributed by atoms with Crippen molar-refractivity contribution in [2.75, 3.05) is 50.6 Å². The highest BCUT2D eigenvalue weighted by atomic mass is 35.5. The average molecular weight is 283 g/mol. The molecule has 1 aliphatic heterocycles. The number of benzene rings is 1. The van der Waals surface area contributed by atoms with Crippen molar-refractivity contribution >= 4 is 17.3 Å². The Bertz CT molecular complexity index is 367. The molecule has 1 saturated heterocycles. The van der Waals surface area contributed by atoms with Crippen molar-refractivity contribution < 1.29 is 4.74 Å². The number of anilines is 1. The van der Waals surface area contributed by atoms with Crippen molar-refractivity contribution in [3.8, 4) is 0 Å². The van der Waals surface area contributed by atoms with Gasteiger partial charge in [-0.2, -0.15) is 0 Å². The summed E-state index contributed by atoms with van der Waals surface area (Å²) in [7, 11) is 0. The SMILES string of the molecule is ClCCCc1cccc(NCCN2CCOCC2)c1. The summed E-state index contributed by atoms with van der Waals surface area (Å²) in [6.45, 7) is 5.91. The van der Waals surface area contributed by atoms with Crippen LogP contribution in [0.15, 0.2) is 24.3 Å². The van der Waals surface area contributed by atoms with E-state index in [0.717, 1.165) is 58.1 Å². The van der Waals surface area contributed by atoms with Crippen molar-refractivity contribution in [2.24, 2.45) is 0 Å². The lowest BCUT2D eigenvalue weighted by molar-refractivity contribution is 0.0398. The molecule has 0 aromatic heterocycles. The molecular formula is C15H23ClN2O. The summed E-state index contributed by atoms with van der Waals surface area (Å²) in [4.78, 5) is 2.44. The topological polar surface area (TPSA) is 24.5 Å². The van der Waals surface area contributed by atoms with Crippen molar-refractivity contribution in [3.05, 3.63) is 29.8 Å². The van der Waals surface area contributed by atoms with Crippen molar-refractivity contribution in [1.82, 2.24) is 4.90 Å². The molecule has 0 bridgehead atoms. The first-order valence-electron chi connectivity index (χ1n) is 7.07. The summed E-state index contributed by atoms with van der Waals surface area (Å²) >= 11 is 5.73. The zero-order valence-electron chi connectivity index (χ0n) is 11.4. The zero-order valence-corrected chi connectivity index (χ0v) is 12.2. The van der Waals surface area contributed by atoms with Crippen LogP contribution in [0.2, 0.25) is 0 Å². The van der Waals surface area contributed by atoms with Crippen LogP contribution >= 0.6 is 11.6 Å². The van der Waals surface area contributed by atoms with Gasteiger partial charge in [-0.1, -0.05) is 12.1 Å². The van der Waals surface area contributed by atoms with E-state index >= 15 is 0 Å². The van der Waals surface area contributed by atoms with Crippen LogP contribution in [-0.4, -0.2) is 50.2 Å². The van der Waals surface area contributed by atoms with Gasteiger partial charge in [0.25, 0.3) is 0 Å².